The van der Waals surface area contributed by atoms with Crippen LogP contribution in [0.4, 0.5) is 8.78 Å². The zero-order chi connectivity index (χ0) is 49.7. The SMILES string of the molecule is CCCC(CC)OC(=O)CCC(=O)N1Cc2cc(OC)c(OCCCOc3c(OC)cc4sc(C(=O)CCC(=O)O[C@@H](C)CNC(=O)CN5C(=O)C[C@@H](C(CC)CC)C5=O)cc4c3F)c(F)c2C1. The van der Waals surface area contributed by atoms with Gasteiger partial charge in [0.25, 0.3) is 0 Å². The summed E-state index contributed by atoms with van der Waals surface area (Å²) in [6, 6.07) is 4.53. The lowest BCUT2D eigenvalue weighted by Gasteiger charge is -2.20. The van der Waals surface area contributed by atoms with Gasteiger partial charge in [0.2, 0.25) is 23.6 Å². The average Bonchev–Trinajstić information content (AvgIpc) is 4.03. The molecule has 2 aromatic carbocycles. The third-order valence-corrected chi connectivity index (χ3v) is 13.3. The van der Waals surface area contributed by atoms with Gasteiger partial charge in [-0.25, -0.2) is 8.78 Å². The molecule has 2 aliphatic heterocycles. The van der Waals surface area contributed by atoms with Gasteiger partial charge in [-0.05, 0) is 43.4 Å². The predicted molar refractivity (Wildman–Crippen MR) is 246 cm³/mol. The molecule has 1 aromatic heterocycles. The first-order valence-corrected chi connectivity index (χ1v) is 24.1. The number of amides is 4. The third-order valence-electron chi connectivity index (χ3n) is 12.2. The van der Waals surface area contributed by atoms with Crippen LogP contribution < -0.4 is 24.3 Å². The number of hydrogen-bond donors (Lipinski definition) is 1. The average molecular weight is 972 g/mol. The molecule has 1 N–H and O–H groups in total. The molecule has 3 atom stereocenters. The van der Waals surface area contributed by atoms with Crippen molar-refractivity contribution < 1.29 is 70.8 Å². The predicted octanol–water partition coefficient (Wildman–Crippen LogP) is 7.61. The van der Waals surface area contributed by atoms with Crippen molar-refractivity contribution in [2.24, 2.45) is 11.8 Å². The van der Waals surface area contributed by atoms with Gasteiger partial charge >= 0.3 is 11.9 Å². The number of ether oxygens (including phenoxy) is 6. The van der Waals surface area contributed by atoms with Crippen molar-refractivity contribution >= 4 is 62.8 Å². The van der Waals surface area contributed by atoms with Gasteiger partial charge in [0.15, 0.2) is 40.4 Å². The second-order valence-electron chi connectivity index (χ2n) is 16.9. The molecular formula is C49H63F2N3O13S. The summed E-state index contributed by atoms with van der Waals surface area (Å²) < 4.78 is 65.5. The molecule has 16 nitrogen and oxygen atoms in total. The Morgan fingerprint density at radius 3 is 2.12 bits per heavy atom. The molecule has 19 heteroatoms. The number of nitrogens with one attached hydrogen (secondary N) is 1. The van der Waals surface area contributed by atoms with Gasteiger partial charge in [-0.2, -0.15) is 0 Å². The van der Waals surface area contributed by atoms with Gasteiger partial charge in [0.1, 0.15) is 18.8 Å². The van der Waals surface area contributed by atoms with E-state index in [1.165, 1.54) is 31.3 Å². The number of benzene rings is 2. The van der Waals surface area contributed by atoms with Crippen LogP contribution in [0.25, 0.3) is 10.1 Å². The molecule has 4 amide bonds. The van der Waals surface area contributed by atoms with E-state index in [0.29, 0.717) is 16.7 Å². The van der Waals surface area contributed by atoms with Gasteiger partial charge in [0.05, 0.1) is 57.6 Å². The lowest BCUT2D eigenvalue weighted by molar-refractivity contribution is -0.151. The number of ketones is 1. The number of hydrogen-bond acceptors (Lipinski definition) is 14. The van der Waals surface area contributed by atoms with Crippen LogP contribution >= 0.6 is 11.3 Å². The molecule has 1 fully saturated rings. The van der Waals surface area contributed by atoms with Crippen LogP contribution in [0.15, 0.2) is 18.2 Å². The maximum Gasteiger partial charge on any atom is 0.306 e. The van der Waals surface area contributed by atoms with Crippen molar-refractivity contribution in [1.82, 2.24) is 15.1 Å². The summed E-state index contributed by atoms with van der Waals surface area (Å²) in [6.07, 6.45) is 2.49. The van der Waals surface area contributed by atoms with Crippen molar-refractivity contribution in [3.63, 3.8) is 0 Å². The molecule has 68 heavy (non-hydrogen) atoms. The van der Waals surface area contributed by atoms with E-state index in [1.807, 2.05) is 27.7 Å². The number of methoxy groups -OCH3 is 2. The highest BCUT2D eigenvalue weighted by atomic mass is 32.1. The number of halogens is 2. The van der Waals surface area contributed by atoms with Crippen molar-refractivity contribution in [3.05, 3.63) is 45.8 Å². The summed E-state index contributed by atoms with van der Waals surface area (Å²) in [4.78, 5) is 91.6. The Morgan fingerprint density at radius 2 is 1.47 bits per heavy atom. The first kappa shape index (κ1) is 53.1. The first-order chi connectivity index (χ1) is 32.6. The Morgan fingerprint density at radius 1 is 0.824 bits per heavy atom. The van der Waals surface area contributed by atoms with E-state index in [9.17, 15) is 33.6 Å². The molecule has 3 heterocycles. The number of rotatable bonds is 27. The number of thiophene rings is 1. The zero-order valence-electron chi connectivity index (χ0n) is 39.9. The maximum absolute atomic E-state index is 15.9. The fourth-order valence-electron chi connectivity index (χ4n) is 8.36. The highest BCUT2D eigenvalue weighted by Gasteiger charge is 2.42. The number of Topliss-reactive ketones (excluding diaryl/α,β-unsaturated/α-hetero) is 1. The quantitative estimate of drug-likeness (QED) is 0.0340. The second-order valence-corrected chi connectivity index (χ2v) is 18.0. The lowest BCUT2D eigenvalue weighted by atomic mass is 9.87. The molecule has 372 valence electrons. The van der Waals surface area contributed by atoms with E-state index in [2.05, 4.69) is 5.32 Å². The minimum absolute atomic E-state index is 0.00597. The summed E-state index contributed by atoms with van der Waals surface area (Å²) in [5.74, 6) is -5.11. The molecule has 0 radical (unpaired) electrons. The maximum atomic E-state index is 15.9. The molecule has 5 rings (SSSR count). The molecular weight excluding hydrogens is 909 g/mol. The summed E-state index contributed by atoms with van der Waals surface area (Å²) >= 11 is 1.02. The van der Waals surface area contributed by atoms with E-state index in [-0.39, 0.29) is 140 Å². The van der Waals surface area contributed by atoms with E-state index in [0.717, 1.165) is 41.9 Å². The first-order valence-electron chi connectivity index (χ1n) is 23.3. The van der Waals surface area contributed by atoms with Crippen LogP contribution in [0.5, 0.6) is 23.0 Å². The van der Waals surface area contributed by atoms with E-state index < -0.39 is 53.8 Å². The van der Waals surface area contributed by atoms with Crippen molar-refractivity contribution in [2.45, 2.75) is 131 Å². The van der Waals surface area contributed by atoms with E-state index in [1.54, 1.807) is 13.0 Å². The fraction of sp³-hybridized carbons (Fsp3) is 0.571. The van der Waals surface area contributed by atoms with Crippen LogP contribution in [-0.2, 0) is 51.3 Å². The number of nitrogens with zero attached hydrogens (tertiary/aromatic N) is 2. The summed E-state index contributed by atoms with van der Waals surface area (Å²) in [6.45, 7) is 8.95. The van der Waals surface area contributed by atoms with Crippen molar-refractivity contribution in [3.8, 4) is 23.0 Å². The number of imide groups is 1. The smallest absolute Gasteiger partial charge is 0.306 e. The summed E-state index contributed by atoms with van der Waals surface area (Å²) in [5.41, 5.74) is 0.840. The van der Waals surface area contributed by atoms with Crippen LogP contribution in [0.1, 0.15) is 126 Å². The Hall–Kier alpha value is -5.85. The number of fused-ring (bicyclic) bond motifs is 2. The Balaban J connectivity index is 1.07. The zero-order valence-corrected chi connectivity index (χ0v) is 40.7. The number of carbonyl (C=O) groups is 7. The number of carbonyl (C=O) groups excluding carboxylic acids is 7. The van der Waals surface area contributed by atoms with Crippen LogP contribution in [0.3, 0.4) is 0 Å². The van der Waals surface area contributed by atoms with E-state index in [4.69, 9.17) is 28.4 Å². The molecule has 0 spiro atoms. The second kappa shape index (κ2) is 25.0. The van der Waals surface area contributed by atoms with Crippen LogP contribution in [-0.4, -0.2) is 104 Å². The molecule has 0 saturated carbocycles. The highest BCUT2D eigenvalue weighted by molar-refractivity contribution is 7.20. The van der Waals surface area contributed by atoms with Gasteiger partial charge in [-0.15, -0.1) is 11.3 Å². The molecule has 0 aliphatic carbocycles. The van der Waals surface area contributed by atoms with Gasteiger partial charge in [-0.1, -0.05) is 47.0 Å². The topological polar surface area (TPSA) is 193 Å². The van der Waals surface area contributed by atoms with Gasteiger partial charge < -0.3 is 38.6 Å². The summed E-state index contributed by atoms with van der Waals surface area (Å²) in [5, 5.41) is 2.69. The Bertz CT molecular complexity index is 2330. The lowest BCUT2D eigenvalue weighted by Crippen LogP contribution is -2.43. The molecule has 1 unspecified atom stereocenters. The standard InChI is InChI=1S/C49H63F2N3O13S/c1-8-13-31(11-4)67-44(60)17-15-41(57)53-25-30-20-36(62-6)47(46(51)34(30)26-53)64-18-12-19-65-48-37(63-7)23-38-33(45(48)50)21-39(68-38)35(55)14-16-43(59)66-28(5)24-52-40(56)27-54-42(58)22-32(49(54)61)29(9-2)10-3/h20-21,23,28-29,31-32H,8-19,22,24-27H2,1-7H3,(H,52,56)/t28-,31?,32-/m0/s1. The molecule has 1 saturated heterocycles. The van der Waals surface area contributed by atoms with Crippen molar-refractivity contribution in [2.75, 3.05) is 40.5 Å². The van der Waals surface area contributed by atoms with E-state index >= 15 is 8.78 Å². The number of likely N-dealkylation sites (tertiary alicyclic amines) is 1. The van der Waals surface area contributed by atoms with Crippen molar-refractivity contribution in [1.29, 1.82) is 0 Å². The number of esters is 2. The molecule has 3 aromatic rings. The largest absolute Gasteiger partial charge is 0.493 e. The molecule has 0 bridgehead atoms. The minimum atomic E-state index is -0.770. The van der Waals surface area contributed by atoms with Gasteiger partial charge in [0, 0.05) is 60.5 Å². The van der Waals surface area contributed by atoms with Crippen LogP contribution in [0.2, 0.25) is 0 Å². The fourth-order valence-corrected chi connectivity index (χ4v) is 9.41. The minimum Gasteiger partial charge on any atom is -0.493 e. The normalized spacial score (nSPS) is 15.4. The van der Waals surface area contributed by atoms with Gasteiger partial charge in [-0.3, -0.25) is 38.5 Å². The molecule has 2 aliphatic rings. The Labute approximate surface area is 399 Å². The monoisotopic (exact) mass is 971 g/mol. The van der Waals surface area contributed by atoms with Crippen LogP contribution in [0, 0.1) is 23.5 Å². The Kier molecular flexibility index (Phi) is 19.5. The summed E-state index contributed by atoms with van der Waals surface area (Å²) in [7, 11) is 2.71. The highest BCUT2D eigenvalue weighted by Crippen LogP contribution is 2.41. The third kappa shape index (κ3) is 13.2.